The van der Waals surface area contributed by atoms with Crippen molar-refractivity contribution in [1.29, 1.82) is 0 Å². The lowest BCUT2D eigenvalue weighted by Crippen LogP contribution is -2.36. The minimum Gasteiger partial charge on any atom is -0.326 e. The molecule has 148 valence electrons. The number of H-pyrrole nitrogens is 1. The quantitative estimate of drug-likeness (QED) is 0.530. The van der Waals surface area contributed by atoms with E-state index in [1.165, 1.54) is 19.2 Å². The van der Waals surface area contributed by atoms with Crippen LogP contribution in [0.3, 0.4) is 0 Å². The molecular formula is C16H29N4O5P. The van der Waals surface area contributed by atoms with Crippen LogP contribution >= 0.6 is 8.25 Å². The van der Waals surface area contributed by atoms with Gasteiger partial charge in [-0.25, -0.2) is 9.78 Å². The molecule has 2 heterocycles. The fourth-order valence-corrected chi connectivity index (χ4v) is 2.50. The smallest absolute Gasteiger partial charge is 0.326 e. The lowest BCUT2D eigenvalue weighted by molar-refractivity contribution is 0.272. The molecule has 1 unspecified atom stereocenters. The molecule has 1 atom stereocenters. The van der Waals surface area contributed by atoms with E-state index in [9.17, 15) is 14.2 Å². The van der Waals surface area contributed by atoms with Crippen LogP contribution in [0.25, 0.3) is 11.2 Å². The summed E-state index contributed by atoms with van der Waals surface area (Å²) in [4.78, 5) is 39.6. The van der Waals surface area contributed by atoms with Gasteiger partial charge in [0, 0.05) is 12.6 Å². The zero-order valence-corrected chi connectivity index (χ0v) is 16.8. The molecule has 9 nitrogen and oxygen atoms in total. The van der Waals surface area contributed by atoms with Crippen LogP contribution < -0.4 is 11.2 Å². The predicted molar refractivity (Wildman–Crippen MR) is 102 cm³/mol. The fraction of sp³-hybridized carbons (Fsp3) is 0.688. The number of hydrogen-bond donors (Lipinski definition) is 2. The largest absolute Gasteiger partial charge is 0.330 e. The number of aromatic nitrogens is 4. The van der Waals surface area contributed by atoms with Crippen LogP contribution in [0.5, 0.6) is 0 Å². The predicted octanol–water partition coefficient (Wildman–Crippen LogP) is 2.45. The number of fused-ring (bicyclic) bond motifs is 1. The first-order valence-electron chi connectivity index (χ1n) is 8.88. The van der Waals surface area contributed by atoms with Gasteiger partial charge in [-0.2, -0.15) is 0 Å². The highest BCUT2D eigenvalue weighted by Crippen LogP contribution is 2.15. The third-order valence-electron chi connectivity index (χ3n) is 3.77. The Hall–Kier alpha value is -1.70. The van der Waals surface area contributed by atoms with Gasteiger partial charge < -0.3 is 14.0 Å². The maximum atomic E-state index is 12.5. The molecule has 10 heteroatoms. The van der Waals surface area contributed by atoms with Gasteiger partial charge in [-0.05, 0) is 26.7 Å². The van der Waals surface area contributed by atoms with Gasteiger partial charge in [0.25, 0.3) is 5.56 Å². The lowest BCUT2D eigenvalue weighted by Gasteiger charge is -2.09. The summed E-state index contributed by atoms with van der Waals surface area (Å²) in [5.41, 5.74) is -0.252. The van der Waals surface area contributed by atoms with Crippen molar-refractivity contribution in [3.8, 4) is 0 Å². The fourth-order valence-electron chi connectivity index (χ4n) is 2.18. The maximum absolute atomic E-state index is 12.5. The van der Waals surface area contributed by atoms with E-state index in [2.05, 4.69) is 28.3 Å². The Morgan fingerprint density at radius 2 is 1.92 bits per heavy atom. The van der Waals surface area contributed by atoms with Crippen LogP contribution in [0.15, 0.2) is 15.9 Å². The van der Waals surface area contributed by atoms with E-state index in [1.807, 2.05) is 13.8 Å². The Balaban J connectivity index is 0.000000765. The van der Waals surface area contributed by atoms with Gasteiger partial charge in [-0.3, -0.25) is 18.9 Å². The van der Waals surface area contributed by atoms with Crippen molar-refractivity contribution in [1.82, 2.24) is 19.1 Å². The minimum absolute atomic E-state index is 0.0487. The van der Waals surface area contributed by atoms with E-state index in [-0.39, 0.29) is 30.4 Å². The Bertz CT molecular complexity index is 822. The highest BCUT2D eigenvalue weighted by atomic mass is 31.1. The Kier molecular flexibility index (Phi) is 9.54. The summed E-state index contributed by atoms with van der Waals surface area (Å²) in [5.74, 6) is 0. The van der Waals surface area contributed by atoms with Crippen LogP contribution in [0.1, 0.15) is 59.4 Å². The molecule has 0 bridgehead atoms. The summed E-state index contributed by atoms with van der Waals surface area (Å²) < 4.78 is 17.8. The molecule has 0 saturated heterocycles. The van der Waals surface area contributed by atoms with Crippen LogP contribution in [-0.2, 0) is 15.6 Å². The number of imidazole rings is 1. The molecule has 0 saturated carbocycles. The Morgan fingerprint density at radius 3 is 2.46 bits per heavy atom. The molecule has 0 fully saturated rings. The summed E-state index contributed by atoms with van der Waals surface area (Å²) in [5, 5.41) is 0. The number of hydrogen-bond acceptors (Lipinski definition) is 5. The van der Waals surface area contributed by atoms with Gasteiger partial charge in [0.1, 0.15) is 0 Å². The normalized spacial score (nSPS) is 12.2. The van der Waals surface area contributed by atoms with Crippen molar-refractivity contribution in [3.05, 3.63) is 27.2 Å². The summed E-state index contributed by atoms with van der Waals surface area (Å²) >= 11 is 0. The van der Waals surface area contributed by atoms with Crippen LogP contribution in [-0.4, -0.2) is 30.6 Å². The number of nitrogens with one attached hydrogen (secondary N) is 1. The van der Waals surface area contributed by atoms with E-state index >= 15 is 0 Å². The van der Waals surface area contributed by atoms with Gasteiger partial charge in [-0.1, -0.05) is 26.7 Å². The van der Waals surface area contributed by atoms with Gasteiger partial charge in [0.15, 0.2) is 11.2 Å². The number of nitrogens with zero attached hydrogens (tertiary/aromatic N) is 3. The first kappa shape index (κ1) is 22.3. The standard InChI is InChI=1S/C12H19N4O5P.C4H10/c1-8(2)16-7-13-10-9(16)11(17)15(12(18)14-10)5-3-4-6-21-22(19)20;1-3-4-2/h7-8,22H,3-6H2,1-2H3,(H,14,18)(H,19,20);3-4H2,1-2H3. The zero-order chi connectivity index (χ0) is 19.7. The SMILES string of the molecule is CC(C)n1cnc2[nH]c(=O)n(CCCCO[PH](=O)O)c(=O)c21.CCCC. The summed E-state index contributed by atoms with van der Waals surface area (Å²) in [6.07, 6.45) is 5.13. The van der Waals surface area contributed by atoms with Crippen molar-refractivity contribution in [2.24, 2.45) is 0 Å². The van der Waals surface area contributed by atoms with Crippen molar-refractivity contribution in [3.63, 3.8) is 0 Å². The monoisotopic (exact) mass is 388 g/mol. The maximum Gasteiger partial charge on any atom is 0.330 e. The third-order valence-corrected chi connectivity index (χ3v) is 4.22. The molecule has 0 aliphatic heterocycles. The van der Waals surface area contributed by atoms with E-state index in [0.717, 1.165) is 4.57 Å². The van der Waals surface area contributed by atoms with Crippen molar-refractivity contribution in [2.75, 3.05) is 6.61 Å². The van der Waals surface area contributed by atoms with E-state index in [4.69, 9.17) is 4.89 Å². The molecule has 2 aromatic heterocycles. The Morgan fingerprint density at radius 1 is 1.27 bits per heavy atom. The highest BCUT2D eigenvalue weighted by molar-refractivity contribution is 7.32. The first-order chi connectivity index (χ1) is 12.3. The van der Waals surface area contributed by atoms with Crippen molar-refractivity contribution in [2.45, 2.75) is 66.0 Å². The Labute approximate surface area is 153 Å². The summed E-state index contributed by atoms with van der Waals surface area (Å²) in [6.45, 7) is 8.53. The molecule has 2 rings (SSSR count). The lowest BCUT2D eigenvalue weighted by atomic mass is 10.3. The van der Waals surface area contributed by atoms with Crippen LogP contribution in [0.2, 0.25) is 0 Å². The third kappa shape index (κ3) is 6.23. The second-order valence-corrected chi connectivity index (χ2v) is 6.97. The number of unbranched alkanes of at least 4 members (excludes halogenated alkanes) is 2. The van der Waals surface area contributed by atoms with E-state index in [0.29, 0.717) is 18.4 Å². The van der Waals surface area contributed by atoms with Gasteiger partial charge >= 0.3 is 13.9 Å². The molecule has 2 N–H and O–H groups in total. The van der Waals surface area contributed by atoms with Crippen molar-refractivity contribution >= 4 is 19.4 Å². The van der Waals surface area contributed by atoms with Crippen LogP contribution in [0.4, 0.5) is 0 Å². The molecule has 0 amide bonds. The second-order valence-electron chi connectivity index (χ2n) is 6.15. The molecular weight excluding hydrogens is 359 g/mol. The molecule has 0 aliphatic rings. The topological polar surface area (TPSA) is 119 Å². The van der Waals surface area contributed by atoms with Crippen molar-refractivity contribution < 1.29 is 14.0 Å². The molecule has 0 aliphatic carbocycles. The average Bonchev–Trinajstić information content (AvgIpc) is 3.01. The molecule has 0 aromatic carbocycles. The van der Waals surface area contributed by atoms with E-state index < -0.39 is 13.9 Å². The van der Waals surface area contributed by atoms with Crippen LogP contribution in [0, 0.1) is 0 Å². The summed E-state index contributed by atoms with van der Waals surface area (Å²) in [6, 6.07) is 0.0487. The van der Waals surface area contributed by atoms with Gasteiger partial charge in [-0.15, -0.1) is 0 Å². The first-order valence-corrected chi connectivity index (χ1v) is 10.1. The van der Waals surface area contributed by atoms with E-state index in [1.54, 1.807) is 4.57 Å². The van der Waals surface area contributed by atoms with Gasteiger partial charge in [0.2, 0.25) is 0 Å². The summed E-state index contributed by atoms with van der Waals surface area (Å²) in [7, 11) is -2.93. The zero-order valence-electron chi connectivity index (χ0n) is 15.8. The minimum atomic E-state index is -2.93. The van der Waals surface area contributed by atoms with Gasteiger partial charge in [0.05, 0.1) is 12.9 Å². The number of rotatable bonds is 8. The molecule has 0 radical (unpaired) electrons. The number of aromatic amines is 1. The molecule has 2 aromatic rings. The molecule has 0 spiro atoms. The average molecular weight is 388 g/mol. The molecule has 26 heavy (non-hydrogen) atoms. The second kappa shape index (κ2) is 11.1. The highest BCUT2D eigenvalue weighted by Gasteiger charge is 2.14.